The van der Waals surface area contributed by atoms with Gasteiger partial charge < -0.3 is 9.84 Å². The summed E-state index contributed by atoms with van der Waals surface area (Å²) in [6, 6.07) is 5.23. The number of aryl methyl sites for hydroxylation is 1. The summed E-state index contributed by atoms with van der Waals surface area (Å²) >= 11 is 0. The third-order valence-corrected chi connectivity index (χ3v) is 3.48. The van der Waals surface area contributed by atoms with Gasteiger partial charge in [-0.25, -0.2) is 4.79 Å². The summed E-state index contributed by atoms with van der Waals surface area (Å²) in [6.45, 7) is 1.42. The molecule has 0 fully saturated rings. The Morgan fingerprint density at radius 3 is 2.44 bits per heavy atom. The van der Waals surface area contributed by atoms with Crippen LogP contribution in [0.3, 0.4) is 0 Å². The lowest BCUT2D eigenvalue weighted by atomic mass is 10.1. The fraction of sp³-hybridized carbons (Fsp3) is 0.188. The van der Waals surface area contributed by atoms with Crippen LogP contribution >= 0.6 is 0 Å². The van der Waals surface area contributed by atoms with E-state index in [0.29, 0.717) is 12.1 Å². The zero-order valence-corrected chi connectivity index (χ0v) is 13.0. The number of carbonyl (C=O) groups is 1. The van der Waals surface area contributed by atoms with Crippen molar-refractivity contribution >= 4 is 5.97 Å². The second kappa shape index (κ2) is 6.32. The third kappa shape index (κ3) is 3.19. The van der Waals surface area contributed by atoms with Crippen LogP contribution in [-0.2, 0) is 6.18 Å². The summed E-state index contributed by atoms with van der Waals surface area (Å²) in [6.07, 6.45) is -4.91. The minimum Gasteiger partial charge on any atom is -0.495 e. The Morgan fingerprint density at radius 1 is 1.32 bits per heavy atom. The van der Waals surface area contributed by atoms with Crippen molar-refractivity contribution in [2.45, 2.75) is 13.1 Å². The zero-order valence-electron chi connectivity index (χ0n) is 13.0. The number of nitrogens with zero attached hydrogens (tertiary/aromatic N) is 2. The molecule has 9 heteroatoms. The zero-order chi connectivity index (χ0) is 18.9. The van der Waals surface area contributed by atoms with Crippen molar-refractivity contribution in [3.63, 3.8) is 0 Å². The molecule has 25 heavy (non-hydrogen) atoms. The van der Waals surface area contributed by atoms with Crippen molar-refractivity contribution in [3.05, 3.63) is 57.0 Å². The van der Waals surface area contributed by atoms with Gasteiger partial charge in [0, 0.05) is 0 Å². The maximum atomic E-state index is 13.3. The molecular formula is C16H11F3N2O4. The summed E-state index contributed by atoms with van der Waals surface area (Å²) in [7, 11) is 1.29. The Kier molecular flexibility index (Phi) is 4.56. The van der Waals surface area contributed by atoms with E-state index < -0.39 is 29.0 Å². The number of benzene rings is 1. The van der Waals surface area contributed by atoms with Crippen molar-refractivity contribution in [1.29, 1.82) is 5.26 Å². The van der Waals surface area contributed by atoms with Gasteiger partial charge in [-0.05, 0) is 36.8 Å². The van der Waals surface area contributed by atoms with Crippen molar-refractivity contribution in [2.24, 2.45) is 0 Å². The predicted octanol–water partition coefficient (Wildman–Crippen LogP) is 2.74. The van der Waals surface area contributed by atoms with Crippen LogP contribution in [0, 0.1) is 18.3 Å². The van der Waals surface area contributed by atoms with Gasteiger partial charge in [-0.3, -0.25) is 9.36 Å². The van der Waals surface area contributed by atoms with Gasteiger partial charge in [-0.15, -0.1) is 0 Å². The number of rotatable bonds is 3. The fourth-order valence-electron chi connectivity index (χ4n) is 2.33. The number of hydrogen-bond donors (Lipinski definition) is 1. The number of hydrogen-bond acceptors (Lipinski definition) is 4. The van der Waals surface area contributed by atoms with Crippen LogP contribution in [0.1, 0.15) is 27.2 Å². The highest BCUT2D eigenvalue weighted by molar-refractivity contribution is 5.87. The van der Waals surface area contributed by atoms with Gasteiger partial charge in [0.2, 0.25) is 0 Å². The number of nitriles is 1. The number of alkyl halides is 3. The number of aromatic carboxylic acids is 1. The lowest BCUT2D eigenvalue weighted by molar-refractivity contribution is -0.142. The molecule has 0 bridgehead atoms. The van der Waals surface area contributed by atoms with E-state index in [1.54, 1.807) is 6.07 Å². The monoisotopic (exact) mass is 352 g/mol. The minimum absolute atomic E-state index is 0.0937. The molecule has 0 radical (unpaired) electrons. The molecular weight excluding hydrogens is 341 g/mol. The van der Waals surface area contributed by atoms with Gasteiger partial charge in [0.1, 0.15) is 23.1 Å². The summed E-state index contributed by atoms with van der Waals surface area (Å²) < 4.78 is 45.1. The lowest BCUT2D eigenvalue weighted by Crippen LogP contribution is -2.31. The Balaban J connectivity index is 2.96. The quantitative estimate of drug-likeness (QED) is 0.917. The fourth-order valence-corrected chi connectivity index (χ4v) is 2.33. The molecule has 1 aromatic carbocycles. The van der Waals surface area contributed by atoms with Crippen LogP contribution in [0.25, 0.3) is 5.69 Å². The molecule has 0 amide bonds. The molecule has 1 heterocycles. The van der Waals surface area contributed by atoms with E-state index >= 15 is 0 Å². The van der Waals surface area contributed by atoms with E-state index in [2.05, 4.69) is 0 Å². The van der Waals surface area contributed by atoms with Crippen LogP contribution in [0.4, 0.5) is 13.2 Å². The highest BCUT2D eigenvalue weighted by Gasteiger charge is 2.36. The maximum absolute atomic E-state index is 13.3. The first-order valence-electron chi connectivity index (χ1n) is 6.77. The second-order valence-corrected chi connectivity index (χ2v) is 5.03. The number of carboxylic acids is 1. The van der Waals surface area contributed by atoms with E-state index in [9.17, 15) is 22.8 Å². The molecule has 0 saturated carbocycles. The van der Waals surface area contributed by atoms with Gasteiger partial charge in [-0.1, -0.05) is 0 Å². The SMILES string of the molecule is COc1cc(C)c(-n2c(C(F)(F)F)ccc(C(=O)O)c2=O)cc1C#N. The minimum atomic E-state index is -4.91. The number of aromatic nitrogens is 1. The standard InChI is InChI=1S/C16H11F3N2O4/c1-8-5-12(25-2)9(7-20)6-11(8)21-13(16(17,18)19)4-3-10(14(21)22)15(23)24/h3-6H,1-2H3,(H,23,24). The van der Waals surface area contributed by atoms with Crippen molar-refractivity contribution < 1.29 is 27.8 Å². The molecule has 1 aromatic heterocycles. The average molecular weight is 352 g/mol. The molecule has 0 spiro atoms. The van der Waals surface area contributed by atoms with Crippen LogP contribution in [0.5, 0.6) is 5.75 Å². The number of halogens is 3. The van der Waals surface area contributed by atoms with Gasteiger partial charge in [0.25, 0.3) is 5.56 Å². The normalized spacial score (nSPS) is 11.0. The highest BCUT2D eigenvalue weighted by atomic mass is 19.4. The first-order chi connectivity index (χ1) is 11.6. The van der Waals surface area contributed by atoms with Crippen molar-refractivity contribution in [2.75, 3.05) is 7.11 Å². The van der Waals surface area contributed by atoms with Gasteiger partial charge in [0.05, 0.1) is 18.4 Å². The first-order valence-corrected chi connectivity index (χ1v) is 6.77. The molecule has 130 valence electrons. The van der Waals surface area contributed by atoms with E-state index in [4.69, 9.17) is 15.1 Å². The summed E-state index contributed by atoms with van der Waals surface area (Å²) in [5.74, 6) is -1.53. The number of carboxylic acid groups (broad SMARTS) is 1. The van der Waals surface area contributed by atoms with Crippen molar-refractivity contribution in [3.8, 4) is 17.5 Å². The molecule has 2 rings (SSSR count). The molecule has 2 aromatic rings. The number of pyridine rings is 1. The molecule has 0 unspecified atom stereocenters. The van der Waals surface area contributed by atoms with E-state index in [0.717, 1.165) is 6.07 Å². The molecule has 0 aliphatic heterocycles. The summed E-state index contributed by atoms with van der Waals surface area (Å²) in [4.78, 5) is 23.5. The summed E-state index contributed by atoms with van der Waals surface area (Å²) in [5.41, 5.74) is -3.66. The average Bonchev–Trinajstić information content (AvgIpc) is 2.53. The van der Waals surface area contributed by atoms with Crippen LogP contribution in [0.15, 0.2) is 29.1 Å². The lowest BCUT2D eigenvalue weighted by Gasteiger charge is -2.18. The largest absolute Gasteiger partial charge is 0.495 e. The molecule has 0 saturated heterocycles. The van der Waals surface area contributed by atoms with E-state index in [-0.39, 0.29) is 27.1 Å². The third-order valence-electron chi connectivity index (χ3n) is 3.48. The topological polar surface area (TPSA) is 92.3 Å². The Bertz CT molecular complexity index is 956. The smallest absolute Gasteiger partial charge is 0.431 e. The highest BCUT2D eigenvalue weighted by Crippen LogP contribution is 2.32. The molecule has 1 N–H and O–H groups in total. The molecule has 0 atom stereocenters. The van der Waals surface area contributed by atoms with Crippen LogP contribution in [-0.4, -0.2) is 22.8 Å². The molecule has 0 aliphatic carbocycles. The van der Waals surface area contributed by atoms with Crippen molar-refractivity contribution in [1.82, 2.24) is 4.57 Å². The Hall–Kier alpha value is -3.28. The van der Waals surface area contributed by atoms with E-state index in [1.165, 1.54) is 20.1 Å². The number of ether oxygens (including phenoxy) is 1. The predicted molar refractivity (Wildman–Crippen MR) is 80.0 cm³/mol. The van der Waals surface area contributed by atoms with Crippen LogP contribution < -0.4 is 10.3 Å². The van der Waals surface area contributed by atoms with E-state index in [1.807, 2.05) is 0 Å². The Labute approximate surface area is 139 Å². The first kappa shape index (κ1) is 18.1. The summed E-state index contributed by atoms with van der Waals surface area (Å²) in [5, 5.41) is 18.1. The van der Waals surface area contributed by atoms with Gasteiger partial charge >= 0.3 is 12.1 Å². The van der Waals surface area contributed by atoms with Gasteiger partial charge in [0.15, 0.2) is 0 Å². The maximum Gasteiger partial charge on any atom is 0.431 e. The molecule has 6 nitrogen and oxygen atoms in total. The van der Waals surface area contributed by atoms with Gasteiger partial charge in [-0.2, -0.15) is 18.4 Å². The molecule has 0 aliphatic rings. The number of methoxy groups -OCH3 is 1. The second-order valence-electron chi connectivity index (χ2n) is 5.03. The van der Waals surface area contributed by atoms with Crippen LogP contribution in [0.2, 0.25) is 0 Å². The Morgan fingerprint density at radius 2 is 1.96 bits per heavy atom.